The maximum atomic E-state index is 10.7. The third-order valence-corrected chi connectivity index (χ3v) is 4.22. The first kappa shape index (κ1) is 16.4. The lowest BCUT2D eigenvalue weighted by Gasteiger charge is -2.09. The molecular weight excluding hydrogens is 320 g/mol. The van der Waals surface area contributed by atoms with Crippen LogP contribution in [0.5, 0.6) is 11.5 Å². The van der Waals surface area contributed by atoms with Crippen LogP contribution >= 0.6 is 0 Å². The smallest absolute Gasteiger partial charge is 0.153 e. The van der Waals surface area contributed by atoms with E-state index in [0.29, 0.717) is 6.42 Å². The van der Waals surface area contributed by atoms with Gasteiger partial charge in [0.05, 0.1) is 5.75 Å². The molecule has 0 aliphatic carbocycles. The van der Waals surface area contributed by atoms with E-state index in [0.717, 1.165) is 28.2 Å². The normalized spacial score (nSPS) is 11.9. The molecule has 122 valence electrons. The van der Waals surface area contributed by atoms with Gasteiger partial charge in [-0.25, -0.2) is 4.21 Å². The Kier molecular flexibility index (Phi) is 5.41. The van der Waals surface area contributed by atoms with Crippen LogP contribution < -0.4 is 4.74 Å². The summed E-state index contributed by atoms with van der Waals surface area (Å²) in [5.41, 5.74) is 3.27. The van der Waals surface area contributed by atoms with E-state index in [1.165, 1.54) is 0 Å². The predicted molar refractivity (Wildman–Crippen MR) is 97.7 cm³/mol. The molecule has 0 heterocycles. The van der Waals surface area contributed by atoms with Crippen molar-refractivity contribution in [1.29, 1.82) is 0 Å². The van der Waals surface area contributed by atoms with Gasteiger partial charge >= 0.3 is 0 Å². The molecule has 0 bridgehead atoms. The van der Waals surface area contributed by atoms with E-state index in [2.05, 4.69) is 18.2 Å². The molecule has 4 heteroatoms. The van der Waals surface area contributed by atoms with Crippen molar-refractivity contribution in [2.24, 2.45) is 0 Å². The van der Waals surface area contributed by atoms with Crippen LogP contribution in [0, 0.1) is 0 Å². The largest absolute Gasteiger partial charge is 0.457 e. The summed E-state index contributed by atoms with van der Waals surface area (Å²) in [6, 6.07) is 25.7. The quantitative estimate of drug-likeness (QED) is 0.650. The summed E-state index contributed by atoms with van der Waals surface area (Å²) in [5.74, 6) is 1.77. The molecule has 1 unspecified atom stereocenters. The number of ether oxygens (including phenoxy) is 1. The highest BCUT2D eigenvalue weighted by Gasteiger charge is 2.02. The van der Waals surface area contributed by atoms with Gasteiger partial charge in [0.2, 0.25) is 0 Å². The summed E-state index contributed by atoms with van der Waals surface area (Å²) in [5, 5.41) is 0. The second kappa shape index (κ2) is 7.90. The zero-order valence-electron chi connectivity index (χ0n) is 13.1. The van der Waals surface area contributed by atoms with Crippen LogP contribution in [0.4, 0.5) is 0 Å². The Morgan fingerprint density at radius 1 is 0.792 bits per heavy atom. The van der Waals surface area contributed by atoms with Crippen LogP contribution in [-0.4, -0.2) is 14.5 Å². The van der Waals surface area contributed by atoms with E-state index < -0.39 is 11.1 Å². The highest BCUT2D eigenvalue weighted by Crippen LogP contribution is 2.27. The van der Waals surface area contributed by atoms with Crippen molar-refractivity contribution in [2.45, 2.75) is 6.42 Å². The monoisotopic (exact) mass is 338 g/mol. The van der Waals surface area contributed by atoms with Gasteiger partial charge in [0.15, 0.2) is 11.1 Å². The molecule has 0 amide bonds. The van der Waals surface area contributed by atoms with E-state index in [1.54, 1.807) is 0 Å². The fraction of sp³-hybridized carbons (Fsp3) is 0.100. The maximum absolute atomic E-state index is 10.7. The van der Waals surface area contributed by atoms with E-state index in [1.807, 2.05) is 60.7 Å². The Balaban J connectivity index is 1.71. The standard InChI is InChI=1S/C20H18O3S/c21-24(22)14-13-16-9-11-19(12-10-16)23-20-8-4-7-18(15-20)17-5-2-1-3-6-17/h1-12,15H,13-14H2,(H,21,22). The van der Waals surface area contributed by atoms with Gasteiger partial charge in [0, 0.05) is 0 Å². The first-order chi connectivity index (χ1) is 11.7. The summed E-state index contributed by atoms with van der Waals surface area (Å²) in [6.07, 6.45) is 0.576. The van der Waals surface area contributed by atoms with Crippen molar-refractivity contribution in [3.63, 3.8) is 0 Å². The molecule has 0 fully saturated rings. The summed E-state index contributed by atoms with van der Waals surface area (Å²) >= 11 is -1.76. The van der Waals surface area contributed by atoms with Gasteiger partial charge < -0.3 is 9.29 Å². The average molecular weight is 338 g/mol. The summed E-state index contributed by atoms with van der Waals surface area (Å²) in [4.78, 5) is 0. The van der Waals surface area contributed by atoms with Crippen molar-refractivity contribution in [1.82, 2.24) is 0 Å². The lowest BCUT2D eigenvalue weighted by molar-refractivity contribution is 0.482. The Morgan fingerprint density at radius 2 is 1.50 bits per heavy atom. The van der Waals surface area contributed by atoms with Crippen LogP contribution in [0.15, 0.2) is 78.9 Å². The zero-order chi connectivity index (χ0) is 16.8. The van der Waals surface area contributed by atoms with Gasteiger partial charge in [-0.15, -0.1) is 0 Å². The molecule has 0 radical (unpaired) electrons. The Labute approximate surface area is 144 Å². The first-order valence-electron chi connectivity index (χ1n) is 7.70. The van der Waals surface area contributed by atoms with Crippen molar-refractivity contribution in [3.8, 4) is 22.6 Å². The number of aryl methyl sites for hydroxylation is 1. The lowest BCUT2D eigenvalue weighted by atomic mass is 10.1. The second-order valence-electron chi connectivity index (χ2n) is 5.42. The molecule has 24 heavy (non-hydrogen) atoms. The molecule has 0 aromatic heterocycles. The number of hydrogen-bond donors (Lipinski definition) is 1. The van der Waals surface area contributed by atoms with Gasteiger partial charge in [-0.2, -0.15) is 0 Å². The molecular formula is C20H18O3S. The minimum Gasteiger partial charge on any atom is -0.457 e. The van der Waals surface area contributed by atoms with E-state index in [9.17, 15) is 4.21 Å². The average Bonchev–Trinajstić information content (AvgIpc) is 2.62. The number of benzene rings is 3. The fourth-order valence-corrected chi connectivity index (χ4v) is 2.85. The molecule has 0 saturated heterocycles. The van der Waals surface area contributed by atoms with Crippen LogP contribution in [0.25, 0.3) is 11.1 Å². The maximum Gasteiger partial charge on any atom is 0.153 e. The molecule has 3 aromatic rings. The van der Waals surface area contributed by atoms with Gasteiger partial charge in [-0.05, 0) is 47.4 Å². The molecule has 0 spiro atoms. The third kappa shape index (κ3) is 4.54. The Morgan fingerprint density at radius 3 is 2.21 bits per heavy atom. The summed E-state index contributed by atoms with van der Waals surface area (Å²) in [6.45, 7) is 0. The summed E-state index contributed by atoms with van der Waals surface area (Å²) < 4.78 is 25.5. The van der Waals surface area contributed by atoms with E-state index in [-0.39, 0.29) is 5.75 Å². The van der Waals surface area contributed by atoms with Gasteiger partial charge in [0.25, 0.3) is 0 Å². The Bertz CT molecular complexity index is 814. The SMILES string of the molecule is O=S(O)CCc1ccc(Oc2cccc(-c3ccccc3)c2)cc1. The molecule has 3 nitrogen and oxygen atoms in total. The highest BCUT2D eigenvalue weighted by atomic mass is 32.2. The molecule has 1 atom stereocenters. The van der Waals surface area contributed by atoms with Crippen molar-refractivity contribution >= 4 is 11.1 Å². The molecule has 0 aliphatic rings. The minimum atomic E-state index is -1.76. The van der Waals surface area contributed by atoms with Crippen molar-refractivity contribution in [3.05, 3.63) is 84.4 Å². The van der Waals surface area contributed by atoms with E-state index in [4.69, 9.17) is 9.29 Å². The van der Waals surface area contributed by atoms with Crippen LogP contribution in [0.3, 0.4) is 0 Å². The van der Waals surface area contributed by atoms with Gasteiger partial charge in [0.1, 0.15) is 11.5 Å². The van der Waals surface area contributed by atoms with E-state index >= 15 is 0 Å². The highest BCUT2D eigenvalue weighted by molar-refractivity contribution is 7.79. The Hall–Kier alpha value is -2.43. The lowest BCUT2D eigenvalue weighted by Crippen LogP contribution is -1.98. The van der Waals surface area contributed by atoms with Crippen molar-refractivity contribution in [2.75, 3.05) is 5.75 Å². The fourth-order valence-electron chi connectivity index (χ4n) is 2.44. The molecule has 0 saturated carbocycles. The molecule has 0 aliphatic heterocycles. The zero-order valence-corrected chi connectivity index (χ0v) is 13.9. The van der Waals surface area contributed by atoms with Crippen LogP contribution in [0.2, 0.25) is 0 Å². The predicted octanol–water partition coefficient (Wildman–Crippen LogP) is 4.91. The topological polar surface area (TPSA) is 46.5 Å². The summed E-state index contributed by atoms with van der Waals surface area (Å²) in [7, 11) is 0. The third-order valence-electron chi connectivity index (χ3n) is 3.67. The molecule has 3 aromatic carbocycles. The number of hydrogen-bond acceptors (Lipinski definition) is 2. The van der Waals surface area contributed by atoms with Gasteiger partial charge in [-0.3, -0.25) is 0 Å². The number of rotatable bonds is 6. The van der Waals surface area contributed by atoms with Gasteiger partial charge in [-0.1, -0.05) is 54.6 Å². The first-order valence-corrected chi connectivity index (χ1v) is 8.98. The van der Waals surface area contributed by atoms with Crippen LogP contribution in [0.1, 0.15) is 5.56 Å². The minimum absolute atomic E-state index is 0.249. The molecule has 1 N–H and O–H groups in total. The van der Waals surface area contributed by atoms with Crippen molar-refractivity contribution < 1.29 is 13.5 Å². The molecule has 3 rings (SSSR count). The second-order valence-corrected chi connectivity index (χ2v) is 6.47. The van der Waals surface area contributed by atoms with Crippen LogP contribution in [-0.2, 0) is 17.5 Å².